The quantitative estimate of drug-likeness (QED) is 0.635. The number of allylic oxidation sites excluding steroid dienone is 1. The van der Waals surface area contributed by atoms with E-state index in [4.69, 9.17) is 0 Å². The smallest absolute Gasteiger partial charge is 0.337 e. The number of anilines is 1. The number of methoxy groups -OCH3 is 1. The van der Waals surface area contributed by atoms with E-state index in [-0.39, 0.29) is 17.2 Å². The predicted molar refractivity (Wildman–Crippen MR) is 95.9 cm³/mol. The van der Waals surface area contributed by atoms with Crippen LogP contribution in [0.15, 0.2) is 36.0 Å². The Labute approximate surface area is 144 Å². The first-order valence-corrected chi connectivity index (χ1v) is 8.54. The van der Waals surface area contributed by atoms with E-state index in [0.29, 0.717) is 17.9 Å². The molecule has 0 saturated heterocycles. The van der Waals surface area contributed by atoms with Crippen LogP contribution < -0.4 is 5.32 Å². The molecule has 4 nitrogen and oxygen atoms in total. The van der Waals surface area contributed by atoms with Gasteiger partial charge in [0.1, 0.15) is 0 Å². The minimum Gasteiger partial charge on any atom is -0.465 e. The Morgan fingerprint density at radius 3 is 2.58 bits per heavy atom. The number of ketones is 1. The third-order valence-corrected chi connectivity index (χ3v) is 5.28. The summed E-state index contributed by atoms with van der Waals surface area (Å²) in [5.41, 5.74) is 2.47. The molecule has 0 bridgehead atoms. The zero-order valence-electron chi connectivity index (χ0n) is 15.0. The molecule has 0 heterocycles. The standard InChI is InChI=1S/C20H27NO3/c1-5-20(2,3)16-8-11-18(22)15(12-16)13-21-17-9-6-14(7-10-17)19(23)24-4/h6-7,9-10,13,16,21H,5,8,11-12H2,1-4H3/b15-13+/t16-/m0/s1. The second-order valence-corrected chi connectivity index (χ2v) is 7.09. The summed E-state index contributed by atoms with van der Waals surface area (Å²) >= 11 is 0. The van der Waals surface area contributed by atoms with E-state index >= 15 is 0 Å². The first kappa shape index (κ1) is 18.2. The fourth-order valence-electron chi connectivity index (χ4n) is 3.03. The molecule has 1 aromatic rings. The van der Waals surface area contributed by atoms with E-state index in [1.165, 1.54) is 7.11 Å². The Kier molecular flexibility index (Phi) is 5.81. The molecule has 1 N–H and O–H groups in total. The van der Waals surface area contributed by atoms with Crippen LogP contribution in [0.2, 0.25) is 0 Å². The van der Waals surface area contributed by atoms with Crippen molar-refractivity contribution in [2.45, 2.75) is 46.5 Å². The second kappa shape index (κ2) is 7.65. The number of benzene rings is 1. The van der Waals surface area contributed by atoms with Gasteiger partial charge in [0.2, 0.25) is 0 Å². The molecule has 0 aliphatic heterocycles. The number of nitrogens with one attached hydrogen (secondary N) is 1. The summed E-state index contributed by atoms with van der Waals surface area (Å²) in [7, 11) is 1.36. The molecule has 0 aromatic heterocycles. The molecule has 130 valence electrons. The second-order valence-electron chi connectivity index (χ2n) is 7.09. The number of esters is 1. The maximum absolute atomic E-state index is 12.2. The van der Waals surface area contributed by atoms with Crippen LogP contribution in [-0.4, -0.2) is 18.9 Å². The van der Waals surface area contributed by atoms with Crippen molar-refractivity contribution in [1.82, 2.24) is 0 Å². The van der Waals surface area contributed by atoms with Gasteiger partial charge in [-0.1, -0.05) is 27.2 Å². The maximum Gasteiger partial charge on any atom is 0.337 e. The van der Waals surface area contributed by atoms with Crippen LogP contribution >= 0.6 is 0 Å². The number of hydrogen-bond acceptors (Lipinski definition) is 4. The van der Waals surface area contributed by atoms with Gasteiger partial charge in [-0.25, -0.2) is 4.79 Å². The van der Waals surface area contributed by atoms with E-state index < -0.39 is 0 Å². The summed E-state index contributed by atoms with van der Waals surface area (Å²) < 4.78 is 4.68. The highest BCUT2D eigenvalue weighted by atomic mass is 16.5. The van der Waals surface area contributed by atoms with Gasteiger partial charge < -0.3 is 10.1 Å². The molecule has 24 heavy (non-hydrogen) atoms. The predicted octanol–water partition coefficient (Wildman–Crippen LogP) is 4.57. The van der Waals surface area contributed by atoms with Crippen molar-refractivity contribution in [1.29, 1.82) is 0 Å². The molecular formula is C20H27NO3. The van der Waals surface area contributed by atoms with E-state index in [0.717, 1.165) is 30.5 Å². The molecule has 0 amide bonds. The fourth-order valence-corrected chi connectivity index (χ4v) is 3.03. The van der Waals surface area contributed by atoms with Crippen LogP contribution in [0, 0.1) is 11.3 Å². The van der Waals surface area contributed by atoms with E-state index in [9.17, 15) is 9.59 Å². The molecular weight excluding hydrogens is 302 g/mol. The Hall–Kier alpha value is -2.10. The van der Waals surface area contributed by atoms with E-state index in [1.807, 2.05) is 18.3 Å². The Balaban J connectivity index is 2.06. The largest absolute Gasteiger partial charge is 0.465 e. The van der Waals surface area contributed by atoms with Crippen molar-refractivity contribution in [2.75, 3.05) is 12.4 Å². The van der Waals surface area contributed by atoms with Crippen molar-refractivity contribution in [2.24, 2.45) is 11.3 Å². The summed E-state index contributed by atoms with van der Waals surface area (Å²) in [6, 6.07) is 7.03. The summed E-state index contributed by atoms with van der Waals surface area (Å²) in [6.45, 7) is 6.77. The van der Waals surface area contributed by atoms with Crippen LogP contribution in [0.5, 0.6) is 0 Å². The average Bonchev–Trinajstić information content (AvgIpc) is 2.60. The van der Waals surface area contributed by atoms with Gasteiger partial charge in [-0.3, -0.25) is 4.79 Å². The van der Waals surface area contributed by atoms with Crippen molar-refractivity contribution in [3.8, 4) is 0 Å². The molecule has 1 aromatic carbocycles. The van der Waals surface area contributed by atoms with Crippen LogP contribution in [0.4, 0.5) is 5.69 Å². The molecule has 0 radical (unpaired) electrons. The third-order valence-electron chi connectivity index (χ3n) is 5.28. The highest BCUT2D eigenvalue weighted by molar-refractivity contribution is 5.96. The van der Waals surface area contributed by atoms with Crippen molar-refractivity contribution in [3.05, 3.63) is 41.6 Å². The van der Waals surface area contributed by atoms with Crippen molar-refractivity contribution < 1.29 is 14.3 Å². The van der Waals surface area contributed by atoms with E-state index in [2.05, 4.69) is 30.8 Å². The molecule has 1 aliphatic carbocycles. The Morgan fingerprint density at radius 1 is 1.33 bits per heavy atom. The summed E-state index contributed by atoms with van der Waals surface area (Å²) in [4.78, 5) is 23.6. The SMILES string of the molecule is CCC(C)(C)[C@H]1CCC(=O)/C(=C/Nc2ccc(C(=O)OC)cc2)C1. The monoisotopic (exact) mass is 329 g/mol. The van der Waals surface area contributed by atoms with Gasteiger partial charge >= 0.3 is 5.97 Å². The number of Topliss-reactive ketones (excluding diaryl/α,β-unsaturated/α-hetero) is 1. The minimum absolute atomic E-state index is 0.233. The lowest BCUT2D eigenvalue weighted by atomic mass is 9.68. The third kappa shape index (κ3) is 4.25. The summed E-state index contributed by atoms with van der Waals surface area (Å²) in [6.07, 6.45) is 5.37. The van der Waals surface area contributed by atoms with Crippen LogP contribution in [0.1, 0.15) is 56.8 Å². The lowest BCUT2D eigenvalue weighted by molar-refractivity contribution is -0.117. The van der Waals surface area contributed by atoms with Crippen LogP contribution in [0.25, 0.3) is 0 Å². The van der Waals surface area contributed by atoms with Gasteiger partial charge in [0.05, 0.1) is 12.7 Å². The molecule has 1 atom stereocenters. The van der Waals surface area contributed by atoms with Gasteiger partial charge in [0, 0.05) is 23.9 Å². The molecule has 1 saturated carbocycles. The van der Waals surface area contributed by atoms with Gasteiger partial charge in [0.15, 0.2) is 5.78 Å². The van der Waals surface area contributed by atoms with Gasteiger partial charge in [-0.2, -0.15) is 0 Å². The van der Waals surface area contributed by atoms with Crippen molar-refractivity contribution in [3.63, 3.8) is 0 Å². The van der Waals surface area contributed by atoms with Crippen LogP contribution in [-0.2, 0) is 9.53 Å². The number of ether oxygens (including phenoxy) is 1. The topological polar surface area (TPSA) is 55.4 Å². The zero-order valence-corrected chi connectivity index (χ0v) is 15.0. The molecule has 2 rings (SSSR count). The molecule has 0 unspecified atom stereocenters. The van der Waals surface area contributed by atoms with Gasteiger partial charge in [-0.05, 0) is 48.4 Å². The fraction of sp³-hybridized carbons (Fsp3) is 0.500. The highest BCUT2D eigenvalue weighted by Crippen LogP contribution is 2.41. The lowest BCUT2D eigenvalue weighted by Gasteiger charge is -2.36. The lowest BCUT2D eigenvalue weighted by Crippen LogP contribution is -2.29. The number of rotatable bonds is 5. The molecule has 0 spiro atoms. The van der Waals surface area contributed by atoms with Crippen molar-refractivity contribution >= 4 is 17.4 Å². The summed E-state index contributed by atoms with van der Waals surface area (Å²) in [5, 5.41) is 3.18. The maximum atomic E-state index is 12.2. The first-order valence-electron chi connectivity index (χ1n) is 8.54. The zero-order chi connectivity index (χ0) is 17.7. The van der Waals surface area contributed by atoms with Crippen LogP contribution in [0.3, 0.4) is 0 Å². The van der Waals surface area contributed by atoms with Gasteiger partial charge in [0.25, 0.3) is 0 Å². The van der Waals surface area contributed by atoms with E-state index in [1.54, 1.807) is 12.1 Å². The normalized spacial score (nSPS) is 20.1. The molecule has 1 aliphatic rings. The number of hydrogen-bond donors (Lipinski definition) is 1. The average molecular weight is 329 g/mol. The Morgan fingerprint density at radius 2 is 2.00 bits per heavy atom. The Bertz CT molecular complexity index is 629. The highest BCUT2D eigenvalue weighted by Gasteiger charge is 2.33. The minimum atomic E-state index is -0.355. The molecule has 1 fully saturated rings. The summed E-state index contributed by atoms with van der Waals surface area (Å²) in [5.74, 6) is 0.416. The number of carbonyl (C=O) groups excluding carboxylic acids is 2. The first-order chi connectivity index (χ1) is 11.4. The molecule has 4 heteroatoms. The number of carbonyl (C=O) groups is 2. The van der Waals surface area contributed by atoms with Gasteiger partial charge in [-0.15, -0.1) is 0 Å².